The molecule has 2 aromatic rings. The van der Waals surface area contributed by atoms with Crippen LogP contribution in [0.2, 0.25) is 0 Å². The van der Waals surface area contributed by atoms with Crippen LogP contribution in [0.1, 0.15) is 11.1 Å². The molecule has 6 heteroatoms. The molecule has 4 heterocycles. The lowest BCUT2D eigenvalue weighted by Gasteiger charge is -2.51. The maximum atomic E-state index is 5.72. The predicted molar refractivity (Wildman–Crippen MR) is 116 cm³/mol. The summed E-state index contributed by atoms with van der Waals surface area (Å²) in [6, 6.07) is 21.8. The average molecular weight is 423 g/mol. The fourth-order valence-electron chi connectivity index (χ4n) is 4.79. The van der Waals surface area contributed by atoms with E-state index < -0.39 is 5.66 Å². The molecule has 4 aliphatic rings. The van der Waals surface area contributed by atoms with E-state index in [1.54, 1.807) is 0 Å². The van der Waals surface area contributed by atoms with E-state index in [0.29, 0.717) is 0 Å². The molecule has 0 saturated carbocycles. The molecule has 2 aromatic carbocycles. The maximum Gasteiger partial charge on any atom is 0.127 e. The van der Waals surface area contributed by atoms with Crippen LogP contribution in [0.3, 0.4) is 0 Å². The Morgan fingerprint density at radius 2 is 0.839 bits per heavy atom. The molecule has 0 amide bonds. The summed E-state index contributed by atoms with van der Waals surface area (Å²) < 4.78 is 22.9. The highest BCUT2D eigenvalue weighted by Gasteiger charge is 2.51. The van der Waals surface area contributed by atoms with E-state index in [4.69, 9.17) is 18.9 Å². The van der Waals surface area contributed by atoms with E-state index in [1.807, 2.05) is 0 Å². The van der Waals surface area contributed by atoms with Crippen LogP contribution in [0.4, 0.5) is 0 Å². The largest absolute Gasteiger partial charge is 0.372 e. The minimum Gasteiger partial charge on any atom is -0.372 e. The molecule has 0 aromatic heterocycles. The molecule has 4 aliphatic heterocycles. The summed E-state index contributed by atoms with van der Waals surface area (Å²) in [5.41, 5.74) is 2.09. The normalized spacial score (nSPS) is 28.7. The highest BCUT2D eigenvalue weighted by molar-refractivity contribution is 5.39. The molecule has 0 bridgehead atoms. The third-order valence-corrected chi connectivity index (χ3v) is 6.57. The van der Waals surface area contributed by atoms with Gasteiger partial charge in [0.1, 0.15) is 5.66 Å². The maximum absolute atomic E-state index is 5.72. The molecule has 0 aliphatic carbocycles. The summed E-state index contributed by atoms with van der Waals surface area (Å²) >= 11 is 0. The van der Waals surface area contributed by atoms with Crippen molar-refractivity contribution >= 4 is 0 Å². The molecule has 6 rings (SSSR count). The Morgan fingerprint density at radius 3 is 1.10 bits per heavy atom. The van der Waals surface area contributed by atoms with Crippen molar-refractivity contribution in [2.75, 3.05) is 52.6 Å². The predicted octanol–water partition coefficient (Wildman–Crippen LogP) is 2.09. The van der Waals surface area contributed by atoms with Crippen LogP contribution in [-0.2, 0) is 24.6 Å². The van der Waals surface area contributed by atoms with E-state index in [-0.39, 0.29) is 24.4 Å². The number of nitrogens with zero attached hydrogens (tertiary/aromatic N) is 2. The summed E-state index contributed by atoms with van der Waals surface area (Å²) in [4.78, 5) is 5.19. The number of benzene rings is 2. The Labute approximate surface area is 183 Å². The Bertz CT molecular complexity index is 762. The van der Waals surface area contributed by atoms with Crippen LogP contribution >= 0.6 is 0 Å². The molecular formula is C25H30N2O4. The molecule has 0 radical (unpaired) electrons. The number of ether oxygens (including phenoxy) is 4. The summed E-state index contributed by atoms with van der Waals surface area (Å²) in [6.45, 7) is 6.82. The molecule has 4 fully saturated rings. The summed E-state index contributed by atoms with van der Waals surface area (Å²) in [7, 11) is 0. The van der Waals surface area contributed by atoms with Gasteiger partial charge in [-0.2, -0.15) is 0 Å². The summed E-state index contributed by atoms with van der Waals surface area (Å²) in [5.74, 6) is 0. The first-order chi connectivity index (χ1) is 15.3. The van der Waals surface area contributed by atoms with Gasteiger partial charge < -0.3 is 18.9 Å². The minimum absolute atomic E-state index is 0.279. The van der Waals surface area contributed by atoms with Gasteiger partial charge in [-0.05, 0) is 11.1 Å². The lowest BCUT2D eigenvalue weighted by molar-refractivity contribution is -0.0467. The number of hydrogen-bond donors (Lipinski definition) is 0. The van der Waals surface area contributed by atoms with E-state index in [0.717, 1.165) is 52.6 Å². The molecular weight excluding hydrogens is 392 g/mol. The average Bonchev–Trinajstić information content (AvgIpc) is 3.63. The lowest BCUT2D eigenvalue weighted by Crippen LogP contribution is -2.62. The molecule has 4 unspecified atom stereocenters. The third kappa shape index (κ3) is 4.42. The highest BCUT2D eigenvalue weighted by Crippen LogP contribution is 2.43. The van der Waals surface area contributed by atoms with Gasteiger partial charge in [-0.25, -0.2) is 0 Å². The van der Waals surface area contributed by atoms with Crippen LogP contribution < -0.4 is 0 Å². The Morgan fingerprint density at radius 1 is 0.548 bits per heavy atom. The highest BCUT2D eigenvalue weighted by atomic mass is 16.6. The molecule has 0 N–H and O–H groups in total. The molecule has 31 heavy (non-hydrogen) atoms. The van der Waals surface area contributed by atoms with Crippen molar-refractivity contribution in [2.45, 2.75) is 30.1 Å². The van der Waals surface area contributed by atoms with Crippen molar-refractivity contribution in [1.29, 1.82) is 0 Å². The monoisotopic (exact) mass is 422 g/mol. The Hall–Kier alpha value is -1.80. The number of epoxide rings is 4. The fraction of sp³-hybridized carbons (Fsp3) is 0.520. The van der Waals surface area contributed by atoms with Crippen molar-refractivity contribution in [3.05, 3.63) is 71.8 Å². The Balaban J connectivity index is 1.51. The summed E-state index contributed by atoms with van der Waals surface area (Å²) in [5, 5.41) is 0. The van der Waals surface area contributed by atoms with Gasteiger partial charge in [0.05, 0.1) is 50.8 Å². The molecule has 6 nitrogen and oxygen atoms in total. The molecule has 0 spiro atoms. The molecule has 4 atom stereocenters. The second-order valence-electron chi connectivity index (χ2n) is 9.04. The van der Waals surface area contributed by atoms with Crippen LogP contribution in [0.5, 0.6) is 0 Å². The second-order valence-corrected chi connectivity index (χ2v) is 9.04. The van der Waals surface area contributed by atoms with Crippen molar-refractivity contribution in [3.8, 4) is 0 Å². The smallest absolute Gasteiger partial charge is 0.127 e. The standard InChI is InChI=1S/C25H30N2O4/c1-3-7-19(8-4-1)25(20-9-5-2-6-10-20,26(11-21-15-28-21)12-22-16-29-22)27(13-23-17-30-23)14-24-18-31-24/h1-10,21-24H,11-18H2. The van der Waals surface area contributed by atoms with E-state index in [2.05, 4.69) is 70.5 Å². The number of rotatable bonds is 12. The van der Waals surface area contributed by atoms with E-state index in [9.17, 15) is 0 Å². The zero-order valence-electron chi connectivity index (χ0n) is 17.8. The van der Waals surface area contributed by atoms with E-state index in [1.165, 1.54) is 11.1 Å². The zero-order valence-corrected chi connectivity index (χ0v) is 17.8. The van der Waals surface area contributed by atoms with Crippen molar-refractivity contribution in [1.82, 2.24) is 9.80 Å². The van der Waals surface area contributed by atoms with Gasteiger partial charge >= 0.3 is 0 Å². The SMILES string of the molecule is c1ccc(C(c2ccccc2)(N(CC2CO2)CC2CO2)N(CC2CO2)CC2CO2)cc1. The first-order valence-electron chi connectivity index (χ1n) is 11.4. The van der Waals surface area contributed by atoms with Gasteiger partial charge in [0.15, 0.2) is 0 Å². The van der Waals surface area contributed by atoms with Gasteiger partial charge in [0, 0.05) is 26.2 Å². The van der Waals surface area contributed by atoms with Crippen LogP contribution in [0.25, 0.3) is 0 Å². The molecule has 4 saturated heterocycles. The van der Waals surface area contributed by atoms with Gasteiger partial charge in [-0.15, -0.1) is 0 Å². The van der Waals surface area contributed by atoms with E-state index >= 15 is 0 Å². The van der Waals surface area contributed by atoms with Gasteiger partial charge in [-0.3, -0.25) is 9.80 Å². The minimum atomic E-state index is -0.446. The van der Waals surface area contributed by atoms with Gasteiger partial charge in [0.25, 0.3) is 0 Å². The molecule has 164 valence electrons. The van der Waals surface area contributed by atoms with Crippen LogP contribution in [-0.4, -0.2) is 86.8 Å². The topological polar surface area (TPSA) is 56.6 Å². The van der Waals surface area contributed by atoms with Crippen molar-refractivity contribution < 1.29 is 18.9 Å². The first kappa shape index (κ1) is 19.9. The second kappa shape index (κ2) is 8.28. The Kier molecular flexibility index (Phi) is 5.30. The van der Waals surface area contributed by atoms with Gasteiger partial charge in [0.2, 0.25) is 0 Å². The zero-order chi connectivity index (χ0) is 20.7. The van der Waals surface area contributed by atoms with Crippen molar-refractivity contribution in [3.63, 3.8) is 0 Å². The number of hydrogen-bond acceptors (Lipinski definition) is 6. The van der Waals surface area contributed by atoms with Crippen LogP contribution in [0.15, 0.2) is 60.7 Å². The lowest BCUT2D eigenvalue weighted by atomic mass is 9.86. The van der Waals surface area contributed by atoms with Crippen molar-refractivity contribution in [2.24, 2.45) is 0 Å². The fourth-order valence-corrected chi connectivity index (χ4v) is 4.79. The first-order valence-corrected chi connectivity index (χ1v) is 11.4. The van der Waals surface area contributed by atoms with Gasteiger partial charge in [-0.1, -0.05) is 60.7 Å². The summed E-state index contributed by atoms with van der Waals surface area (Å²) in [6.07, 6.45) is 1.12. The van der Waals surface area contributed by atoms with Crippen LogP contribution in [0, 0.1) is 0 Å². The quantitative estimate of drug-likeness (QED) is 0.386. The third-order valence-electron chi connectivity index (χ3n) is 6.57.